The second kappa shape index (κ2) is 10.2. The lowest BCUT2D eigenvalue weighted by Crippen LogP contribution is -2.31. The summed E-state index contributed by atoms with van der Waals surface area (Å²) in [5.41, 5.74) is 2.54. The number of ether oxygens (including phenoxy) is 1. The molecule has 1 aromatic heterocycles. The molecule has 1 N–H and O–H groups in total. The third-order valence-corrected chi connectivity index (χ3v) is 7.51. The predicted molar refractivity (Wildman–Crippen MR) is 146 cm³/mol. The van der Waals surface area contributed by atoms with Crippen molar-refractivity contribution < 1.29 is 19.4 Å². The van der Waals surface area contributed by atoms with Crippen LogP contribution in [0.25, 0.3) is 10.6 Å². The Morgan fingerprint density at radius 1 is 1.08 bits per heavy atom. The number of nitrogens with zero attached hydrogens (tertiary/aromatic N) is 2. The van der Waals surface area contributed by atoms with Gasteiger partial charge in [-0.05, 0) is 49.7 Å². The predicted octanol–water partition coefficient (Wildman–Crippen LogP) is 6.95. The highest BCUT2D eigenvalue weighted by atomic mass is 35.5. The van der Waals surface area contributed by atoms with Crippen LogP contribution < -0.4 is 9.64 Å². The molecule has 0 spiro atoms. The van der Waals surface area contributed by atoms with Crippen molar-refractivity contribution in [3.63, 3.8) is 0 Å². The van der Waals surface area contributed by atoms with Gasteiger partial charge in [-0.15, -0.1) is 11.3 Å². The van der Waals surface area contributed by atoms with Crippen LogP contribution in [0, 0.1) is 6.92 Å². The average Bonchev–Trinajstić information content (AvgIpc) is 3.42. The maximum atomic E-state index is 14.0. The molecule has 1 aliphatic heterocycles. The van der Waals surface area contributed by atoms with Crippen molar-refractivity contribution in [3.05, 3.63) is 111 Å². The molecule has 1 aliphatic rings. The van der Waals surface area contributed by atoms with Crippen molar-refractivity contribution in [3.8, 4) is 16.3 Å². The van der Waals surface area contributed by atoms with Gasteiger partial charge in [0.25, 0.3) is 5.91 Å². The smallest absolute Gasteiger partial charge is 0.294 e. The van der Waals surface area contributed by atoms with E-state index in [0.717, 1.165) is 5.56 Å². The van der Waals surface area contributed by atoms with Crippen molar-refractivity contribution in [2.24, 2.45) is 0 Å². The minimum atomic E-state index is -0.865. The van der Waals surface area contributed by atoms with Crippen LogP contribution >= 0.6 is 22.9 Å². The molecule has 0 radical (unpaired) electrons. The van der Waals surface area contributed by atoms with Crippen LogP contribution in [0.4, 0.5) is 5.69 Å². The van der Waals surface area contributed by atoms with E-state index in [9.17, 15) is 14.7 Å². The maximum absolute atomic E-state index is 14.0. The molecule has 0 saturated carbocycles. The fraction of sp³-hybridized carbons (Fsp3) is 0.138. The van der Waals surface area contributed by atoms with Crippen LogP contribution in [0.3, 0.4) is 0 Å². The number of halogens is 1. The minimum absolute atomic E-state index is 0.000460. The van der Waals surface area contributed by atoms with E-state index < -0.39 is 23.5 Å². The molecule has 6 nitrogen and oxygen atoms in total. The van der Waals surface area contributed by atoms with E-state index >= 15 is 0 Å². The Kier molecular flexibility index (Phi) is 6.82. The standard InChI is InChI=1S/C29H23ClN2O4S/c1-3-36-22-14-12-18(13-15-22)24-23(26(34)29(35)32(24)21-11-7-10-20(30)16-21)25(33)27-17(2)31-28(37-27)19-8-5-4-6-9-19/h4-16,24,34H,3H2,1-2H3. The molecule has 0 bridgehead atoms. The number of thiazole rings is 1. The van der Waals surface area contributed by atoms with E-state index in [1.807, 2.05) is 37.3 Å². The van der Waals surface area contributed by atoms with Crippen molar-refractivity contribution in [2.75, 3.05) is 11.5 Å². The summed E-state index contributed by atoms with van der Waals surface area (Å²) >= 11 is 7.47. The quantitative estimate of drug-likeness (QED) is 0.261. The molecule has 4 aromatic rings. The van der Waals surface area contributed by atoms with Gasteiger partial charge in [-0.1, -0.05) is 60.1 Å². The Morgan fingerprint density at radius 2 is 1.81 bits per heavy atom. The first-order valence-electron chi connectivity index (χ1n) is 11.7. The first kappa shape index (κ1) is 24.7. The van der Waals surface area contributed by atoms with Gasteiger partial charge in [-0.3, -0.25) is 14.5 Å². The third kappa shape index (κ3) is 4.63. The number of carbonyl (C=O) groups is 2. The van der Waals surface area contributed by atoms with E-state index in [1.54, 1.807) is 55.5 Å². The molecule has 1 amide bonds. The van der Waals surface area contributed by atoms with Gasteiger partial charge in [0, 0.05) is 16.3 Å². The molecule has 8 heteroatoms. The summed E-state index contributed by atoms with van der Waals surface area (Å²) in [4.78, 5) is 33.8. The Balaban J connectivity index is 1.62. The molecule has 5 rings (SSSR count). The topological polar surface area (TPSA) is 79.7 Å². The van der Waals surface area contributed by atoms with Crippen LogP contribution in [-0.2, 0) is 4.79 Å². The van der Waals surface area contributed by atoms with Crippen molar-refractivity contribution >= 4 is 40.3 Å². The molecule has 37 heavy (non-hydrogen) atoms. The fourth-order valence-corrected chi connectivity index (χ4v) is 5.60. The van der Waals surface area contributed by atoms with E-state index in [1.165, 1.54) is 16.2 Å². The summed E-state index contributed by atoms with van der Waals surface area (Å²) in [5.74, 6) is -1.03. The number of anilines is 1. The fourth-order valence-electron chi connectivity index (χ4n) is 4.39. The number of hydrogen-bond acceptors (Lipinski definition) is 6. The number of aliphatic hydroxyl groups excluding tert-OH is 1. The molecular formula is C29H23ClN2O4S. The number of ketones is 1. The highest BCUT2D eigenvalue weighted by Crippen LogP contribution is 2.44. The number of rotatable bonds is 7. The van der Waals surface area contributed by atoms with E-state index in [0.29, 0.717) is 44.2 Å². The molecule has 186 valence electrons. The lowest BCUT2D eigenvalue weighted by atomic mass is 9.94. The summed E-state index contributed by atoms with van der Waals surface area (Å²) in [6.45, 7) is 4.16. The highest BCUT2D eigenvalue weighted by Gasteiger charge is 2.45. The SMILES string of the molecule is CCOc1ccc(C2C(C(=O)c3sc(-c4ccccc4)nc3C)=C(O)C(=O)N2c2cccc(Cl)c2)cc1. The highest BCUT2D eigenvalue weighted by molar-refractivity contribution is 7.17. The van der Waals surface area contributed by atoms with Crippen molar-refractivity contribution in [1.29, 1.82) is 0 Å². The van der Waals surface area contributed by atoms with E-state index in [4.69, 9.17) is 16.3 Å². The molecule has 1 atom stereocenters. The Hall–Kier alpha value is -3.94. The molecule has 0 aliphatic carbocycles. The minimum Gasteiger partial charge on any atom is -0.503 e. The first-order chi connectivity index (χ1) is 17.9. The number of hydrogen-bond donors (Lipinski definition) is 1. The molecule has 0 fully saturated rings. The van der Waals surface area contributed by atoms with Gasteiger partial charge >= 0.3 is 0 Å². The Bertz CT molecular complexity index is 1510. The average molecular weight is 531 g/mol. The number of aromatic nitrogens is 1. The maximum Gasteiger partial charge on any atom is 0.294 e. The molecule has 3 aromatic carbocycles. The zero-order chi connectivity index (χ0) is 26.1. The van der Waals surface area contributed by atoms with Crippen LogP contribution in [0.5, 0.6) is 5.75 Å². The normalized spacial score (nSPS) is 15.4. The third-order valence-electron chi connectivity index (χ3n) is 6.07. The monoisotopic (exact) mass is 530 g/mol. The second-order valence-electron chi connectivity index (χ2n) is 8.45. The van der Waals surface area contributed by atoms with Crippen LogP contribution in [0.1, 0.15) is 33.9 Å². The molecule has 1 unspecified atom stereocenters. The Morgan fingerprint density at radius 3 is 2.49 bits per heavy atom. The van der Waals surface area contributed by atoms with Gasteiger partial charge in [0.15, 0.2) is 5.76 Å². The zero-order valence-electron chi connectivity index (χ0n) is 20.1. The van der Waals surface area contributed by atoms with Gasteiger partial charge in [-0.25, -0.2) is 4.98 Å². The lowest BCUT2D eigenvalue weighted by Gasteiger charge is -2.27. The number of aryl methyl sites for hydroxylation is 1. The number of aliphatic hydroxyl groups is 1. The number of amides is 1. The van der Waals surface area contributed by atoms with Gasteiger partial charge in [0.05, 0.1) is 28.8 Å². The zero-order valence-corrected chi connectivity index (χ0v) is 21.7. The summed E-state index contributed by atoms with van der Waals surface area (Å²) in [7, 11) is 0. The van der Waals surface area contributed by atoms with Crippen LogP contribution in [-0.4, -0.2) is 28.4 Å². The van der Waals surface area contributed by atoms with Crippen molar-refractivity contribution in [1.82, 2.24) is 4.98 Å². The summed E-state index contributed by atoms with van der Waals surface area (Å²) < 4.78 is 5.56. The van der Waals surface area contributed by atoms with Gasteiger partial charge in [0.2, 0.25) is 5.78 Å². The Labute approximate surface area is 223 Å². The number of carbonyl (C=O) groups excluding carboxylic acids is 2. The molecule has 2 heterocycles. The van der Waals surface area contributed by atoms with Crippen molar-refractivity contribution in [2.45, 2.75) is 19.9 Å². The second-order valence-corrected chi connectivity index (χ2v) is 9.89. The van der Waals surface area contributed by atoms with E-state index in [-0.39, 0.29) is 5.57 Å². The lowest BCUT2D eigenvalue weighted by molar-refractivity contribution is -0.117. The number of Topliss-reactive ketones (excluding diaryl/α,β-unsaturated/α-hetero) is 1. The van der Waals surface area contributed by atoms with Crippen LogP contribution in [0.15, 0.2) is 90.2 Å². The van der Waals surface area contributed by atoms with Gasteiger partial charge in [-0.2, -0.15) is 0 Å². The van der Waals surface area contributed by atoms with E-state index in [2.05, 4.69) is 4.98 Å². The van der Waals surface area contributed by atoms with Gasteiger partial charge < -0.3 is 9.84 Å². The van der Waals surface area contributed by atoms with Gasteiger partial charge in [0.1, 0.15) is 10.8 Å². The largest absolute Gasteiger partial charge is 0.503 e. The summed E-state index contributed by atoms with van der Waals surface area (Å²) in [6.07, 6.45) is 0. The van der Waals surface area contributed by atoms with Crippen LogP contribution in [0.2, 0.25) is 5.02 Å². The summed E-state index contributed by atoms with van der Waals surface area (Å²) in [6, 6.07) is 22.6. The first-order valence-corrected chi connectivity index (χ1v) is 12.9. The number of benzene rings is 3. The molecule has 0 saturated heterocycles. The molecular weight excluding hydrogens is 508 g/mol. The summed E-state index contributed by atoms with van der Waals surface area (Å²) in [5, 5.41) is 12.2.